The number of ether oxygens (including phenoxy) is 2. The van der Waals surface area contributed by atoms with Crippen LogP contribution >= 0.6 is 0 Å². The number of aliphatic hydroxyl groups excluding tert-OH is 2. The van der Waals surface area contributed by atoms with Crippen LogP contribution in [0.2, 0.25) is 0 Å². The number of carbonyl (C=O) groups is 1. The second-order valence-electron chi connectivity index (χ2n) is 6.81. The summed E-state index contributed by atoms with van der Waals surface area (Å²) in [6.07, 6.45) is 3.19. The summed E-state index contributed by atoms with van der Waals surface area (Å²) in [5, 5.41) is 24.5. The highest BCUT2D eigenvalue weighted by molar-refractivity contribution is 5.83. The fourth-order valence-electron chi connectivity index (χ4n) is 3.24. The summed E-state index contributed by atoms with van der Waals surface area (Å²) >= 11 is 0. The number of nitrogens with zero attached hydrogens (tertiary/aromatic N) is 5. The molecule has 4 rings (SSSR count). The van der Waals surface area contributed by atoms with E-state index in [1.807, 2.05) is 6.08 Å². The van der Waals surface area contributed by atoms with Crippen molar-refractivity contribution in [2.24, 2.45) is 5.10 Å². The third-order valence-corrected chi connectivity index (χ3v) is 4.73. The van der Waals surface area contributed by atoms with Crippen LogP contribution in [0.4, 0.5) is 11.8 Å². The number of imidazole rings is 1. The van der Waals surface area contributed by atoms with E-state index in [0.29, 0.717) is 0 Å². The number of rotatable bonds is 5. The van der Waals surface area contributed by atoms with Crippen molar-refractivity contribution in [2.75, 3.05) is 11.2 Å². The smallest absolute Gasteiger partial charge is 0.247 e. The van der Waals surface area contributed by atoms with E-state index < -0.39 is 30.3 Å². The third kappa shape index (κ3) is 3.64. The summed E-state index contributed by atoms with van der Waals surface area (Å²) in [6.45, 7) is 1.28. The lowest BCUT2D eigenvalue weighted by molar-refractivity contribution is -0.133. The van der Waals surface area contributed by atoms with Gasteiger partial charge in [-0.3, -0.25) is 9.36 Å². The number of fused-ring (bicyclic) bond motifs is 1. The monoisotopic (exact) mass is 403 g/mol. The lowest BCUT2D eigenvalue weighted by atomic mass is 10.1. The summed E-state index contributed by atoms with van der Waals surface area (Å²) in [7, 11) is 0. The SMILES string of the molecule is CC(=O)[C@H]1O[C@@H](n2cnc3c(N)nc(N/N=C/C4CCC=CO4)nc32)[C@H](O)[C@@H]1O. The number of ketones is 1. The van der Waals surface area contributed by atoms with Crippen LogP contribution in [0.25, 0.3) is 11.2 Å². The second kappa shape index (κ2) is 7.73. The van der Waals surface area contributed by atoms with Crippen LogP contribution in [0.5, 0.6) is 0 Å². The van der Waals surface area contributed by atoms with Crippen LogP contribution in [0.3, 0.4) is 0 Å². The van der Waals surface area contributed by atoms with Crippen LogP contribution in [-0.2, 0) is 14.3 Å². The molecule has 1 fully saturated rings. The summed E-state index contributed by atoms with van der Waals surface area (Å²) in [4.78, 5) is 24.2. The van der Waals surface area contributed by atoms with Crippen LogP contribution < -0.4 is 11.2 Å². The topological polar surface area (TPSA) is 170 Å². The average molecular weight is 403 g/mol. The summed E-state index contributed by atoms with van der Waals surface area (Å²) in [6, 6.07) is 0. The van der Waals surface area contributed by atoms with Crippen LogP contribution in [0.1, 0.15) is 26.0 Å². The normalized spacial score (nSPS) is 29.4. The maximum atomic E-state index is 11.6. The number of carbonyl (C=O) groups excluding carboxylic acids is 1. The van der Waals surface area contributed by atoms with Crippen LogP contribution in [-0.4, -0.2) is 66.1 Å². The molecule has 0 radical (unpaired) electrons. The number of allylic oxidation sites excluding steroid dienone is 1. The van der Waals surface area contributed by atoms with Gasteiger partial charge in [0.25, 0.3) is 0 Å². The minimum atomic E-state index is -1.36. The number of hydrogen-bond acceptors (Lipinski definition) is 11. The van der Waals surface area contributed by atoms with E-state index in [-0.39, 0.29) is 29.0 Å². The van der Waals surface area contributed by atoms with Gasteiger partial charge in [0.05, 0.1) is 18.8 Å². The molecule has 12 heteroatoms. The number of Topliss-reactive ketones (excluding diaryl/α,β-unsaturated/α-hetero) is 1. The van der Waals surface area contributed by atoms with Gasteiger partial charge in [0.2, 0.25) is 5.95 Å². The lowest BCUT2D eigenvalue weighted by Crippen LogP contribution is -2.34. The Kier molecular flexibility index (Phi) is 5.13. The Bertz CT molecular complexity index is 974. The molecule has 154 valence electrons. The average Bonchev–Trinajstić information content (AvgIpc) is 3.25. The highest BCUT2D eigenvalue weighted by Gasteiger charge is 2.46. The maximum Gasteiger partial charge on any atom is 0.247 e. The minimum Gasteiger partial charge on any atom is -0.493 e. The summed E-state index contributed by atoms with van der Waals surface area (Å²) in [5.41, 5.74) is 9.20. The standard InChI is InChI=1S/C17H21N7O5/c1-8(25)13-11(26)12(27)16(29-13)24-7-19-10-14(18)21-17(22-15(10)24)23-20-6-9-4-2-3-5-28-9/h3,5-7,9,11-13,16,26-27H,2,4H2,1H3,(H3,18,21,22,23)/b20-6+/t9?,11-,12+,13+,16+/m0/s1. The van der Waals surface area contributed by atoms with Crippen molar-refractivity contribution >= 4 is 34.9 Å². The second-order valence-corrected chi connectivity index (χ2v) is 6.81. The molecule has 5 N–H and O–H groups in total. The molecule has 1 unspecified atom stereocenters. The zero-order chi connectivity index (χ0) is 20.5. The Morgan fingerprint density at radius 3 is 2.93 bits per heavy atom. The minimum absolute atomic E-state index is 0.0967. The van der Waals surface area contributed by atoms with E-state index in [0.717, 1.165) is 12.8 Å². The number of anilines is 2. The zero-order valence-electron chi connectivity index (χ0n) is 15.5. The number of nitrogen functional groups attached to an aromatic ring is 1. The number of nitrogens with two attached hydrogens (primary N) is 1. The first-order valence-corrected chi connectivity index (χ1v) is 9.07. The quantitative estimate of drug-likeness (QED) is 0.384. The molecule has 0 amide bonds. The molecule has 12 nitrogen and oxygen atoms in total. The number of aliphatic hydroxyl groups is 2. The van der Waals surface area contributed by atoms with E-state index >= 15 is 0 Å². The molecule has 2 aromatic heterocycles. The van der Waals surface area contributed by atoms with Gasteiger partial charge < -0.3 is 25.4 Å². The van der Waals surface area contributed by atoms with Crippen LogP contribution in [0.15, 0.2) is 23.8 Å². The van der Waals surface area contributed by atoms with E-state index in [1.165, 1.54) is 17.8 Å². The van der Waals surface area contributed by atoms with Gasteiger partial charge in [-0.2, -0.15) is 15.1 Å². The van der Waals surface area contributed by atoms with Gasteiger partial charge in [-0.25, -0.2) is 10.4 Å². The lowest BCUT2D eigenvalue weighted by Gasteiger charge is -2.16. The molecule has 2 aromatic rings. The Hall–Kier alpha value is -3.09. The molecule has 29 heavy (non-hydrogen) atoms. The number of aromatic nitrogens is 4. The molecule has 2 aliphatic heterocycles. The maximum absolute atomic E-state index is 11.6. The number of hydrazone groups is 1. The summed E-state index contributed by atoms with van der Waals surface area (Å²) in [5.74, 6) is -0.191. The van der Waals surface area contributed by atoms with Crippen molar-refractivity contribution in [1.82, 2.24) is 19.5 Å². The Balaban J connectivity index is 1.59. The Labute approximate surface area is 165 Å². The molecule has 4 heterocycles. The molecule has 5 atom stereocenters. The Morgan fingerprint density at radius 2 is 2.24 bits per heavy atom. The van der Waals surface area contributed by atoms with Gasteiger partial charge in [0.1, 0.15) is 29.9 Å². The fourth-order valence-corrected chi connectivity index (χ4v) is 3.24. The molecule has 0 aromatic carbocycles. The predicted octanol–water partition coefficient (Wildman–Crippen LogP) is -0.293. The first-order valence-electron chi connectivity index (χ1n) is 9.07. The van der Waals surface area contributed by atoms with Gasteiger partial charge in [-0.1, -0.05) is 0 Å². The zero-order valence-corrected chi connectivity index (χ0v) is 15.5. The van der Waals surface area contributed by atoms with Gasteiger partial charge in [0.15, 0.2) is 23.5 Å². The van der Waals surface area contributed by atoms with Gasteiger partial charge in [0, 0.05) is 0 Å². The molecule has 0 aliphatic carbocycles. The highest BCUT2D eigenvalue weighted by Crippen LogP contribution is 2.32. The van der Waals surface area contributed by atoms with Crippen molar-refractivity contribution < 1.29 is 24.5 Å². The van der Waals surface area contributed by atoms with Crippen molar-refractivity contribution in [3.63, 3.8) is 0 Å². The van der Waals surface area contributed by atoms with E-state index in [1.54, 1.807) is 12.5 Å². The van der Waals surface area contributed by atoms with E-state index in [9.17, 15) is 15.0 Å². The van der Waals surface area contributed by atoms with Gasteiger partial charge >= 0.3 is 0 Å². The molecule has 1 saturated heterocycles. The first-order chi connectivity index (χ1) is 14.0. The third-order valence-electron chi connectivity index (χ3n) is 4.73. The molecular weight excluding hydrogens is 382 g/mol. The molecule has 0 saturated carbocycles. The van der Waals surface area contributed by atoms with Crippen molar-refractivity contribution in [3.8, 4) is 0 Å². The predicted molar refractivity (Wildman–Crippen MR) is 102 cm³/mol. The number of nitrogens with one attached hydrogen (secondary N) is 1. The van der Waals surface area contributed by atoms with Crippen molar-refractivity contribution in [2.45, 2.75) is 50.4 Å². The highest BCUT2D eigenvalue weighted by atomic mass is 16.6. The van der Waals surface area contributed by atoms with Crippen molar-refractivity contribution in [3.05, 3.63) is 18.7 Å². The summed E-state index contributed by atoms with van der Waals surface area (Å²) < 4.78 is 12.3. The first kappa shape index (κ1) is 19.2. The molecule has 2 aliphatic rings. The van der Waals surface area contributed by atoms with Crippen LogP contribution in [0, 0.1) is 0 Å². The molecular formula is C17H21N7O5. The van der Waals surface area contributed by atoms with Gasteiger partial charge in [-0.15, -0.1) is 0 Å². The fraction of sp³-hybridized carbons (Fsp3) is 0.471. The van der Waals surface area contributed by atoms with E-state index in [2.05, 4.69) is 25.5 Å². The molecule has 0 bridgehead atoms. The van der Waals surface area contributed by atoms with Crippen molar-refractivity contribution in [1.29, 1.82) is 0 Å². The number of hydrogen-bond donors (Lipinski definition) is 4. The van der Waals surface area contributed by atoms with Gasteiger partial charge in [-0.05, 0) is 25.8 Å². The molecule has 0 spiro atoms. The largest absolute Gasteiger partial charge is 0.493 e. The Morgan fingerprint density at radius 1 is 1.41 bits per heavy atom. The van der Waals surface area contributed by atoms with E-state index in [4.69, 9.17) is 15.2 Å².